The van der Waals surface area contributed by atoms with Gasteiger partial charge in [0.1, 0.15) is 5.75 Å². The molecule has 0 aliphatic heterocycles. The summed E-state index contributed by atoms with van der Waals surface area (Å²) in [6, 6.07) is 7.44. The van der Waals surface area contributed by atoms with Gasteiger partial charge in [0.15, 0.2) is 5.78 Å². The molecule has 0 saturated heterocycles. The molecule has 3 rings (SSSR count). The lowest BCUT2D eigenvalue weighted by Crippen LogP contribution is -2.09. The molecule has 1 fully saturated rings. The van der Waals surface area contributed by atoms with Crippen LogP contribution >= 0.6 is 0 Å². The van der Waals surface area contributed by atoms with Gasteiger partial charge in [-0.2, -0.15) is 0 Å². The molecule has 5 nitrogen and oxygen atoms in total. The Morgan fingerprint density at radius 1 is 1.07 bits per heavy atom. The molecule has 5 heteroatoms. The van der Waals surface area contributed by atoms with E-state index >= 15 is 0 Å². The minimum absolute atomic E-state index is 0.0551. The molecule has 1 aromatic heterocycles. The molecular formula is C25H31NO4. The maximum atomic E-state index is 12.4. The van der Waals surface area contributed by atoms with E-state index in [2.05, 4.69) is 4.74 Å². The van der Waals surface area contributed by atoms with E-state index in [-0.39, 0.29) is 24.6 Å². The summed E-state index contributed by atoms with van der Waals surface area (Å²) in [6.07, 6.45) is 6.73. The van der Waals surface area contributed by atoms with Crippen LogP contribution in [-0.4, -0.2) is 29.0 Å². The molecule has 0 spiro atoms. The van der Waals surface area contributed by atoms with Gasteiger partial charge >= 0.3 is 5.97 Å². The highest BCUT2D eigenvalue weighted by Crippen LogP contribution is 2.36. The summed E-state index contributed by atoms with van der Waals surface area (Å²) in [6.45, 7) is 4.00. The van der Waals surface area contributed by atoms with Crippen LogP contribution in [0.25, 0.3) is 0 Å². The van der Waals surface area contributed by atoms with Gasteiger partial charge in [0, 0.05) is 30.0 Å². The number of esters is 1. The van der Waals surface area contributed by atoms with Crippen molar-refractivity contribution < 1.29 is 19.4 Å². The van der Waals surface area contributed by atoms with Crippen molar-refractivity contribution in [3.05, 3.63) is 57.9 Å². The number of ketones is 1. The Balaban J connectivity index is 1.78. The van der Waals surface area contributed by atoms with E-state index in [4.69, 9.17) is 4.98 Å². The normalized spacial score (nSPS) is 14.5. The average Bonchev–Trinajstić information content (AvgIpc) is 2.75. The Morgan fingerprint density at radius 3 is 2.37 bits per heavy atom. The van der Waals surface area contributed by atoms with Gasteiger partial charge in [-0.05, 0) is 67.6 Å². The standard InChI is InChI=1S/C25H31NO4/c1-16-13-19(22(27)11-12-24(29)30-3)14-17(2)21(16)15-20-9-10-23(28)25(26-20)18-7-5-4-6-8-18/h9-10,13-14,18,28H,4-8,11-12,15H2,1-3H3. The molecule has 0 atom stereocenters. The van der Waals surface area contributed by atoms with E-state index in [1.54, 1.807) is 6.07 Å². The third kappa shape index (κ3) is 5.26. The molecule has 1 heterocycles. The maximum absolute atomic E-state index is 12.4. The number of carbonyl (C=O) groups excluding carboxylic acids is 2. The summed E-state index contributed by atoms with van der Waals surface area (Å²) in [5, 5.41) is 10.3. The molecule has 160 valence electrons. The molecule has 0 amide bonds. The molecule has 1 saturated carbocycles. The SMILES string of the molecule is COC(=O)CCC(=O)c1cc(C)c(Cc2ccc(O)c(C3CCCCC3)n2)c(C)c1. The number of hydrogen-bond acceptors (Lipinski definition) is 5. The third-order valence-electron chi connectivity index (χ3n) is 6.11. The Hall–Kier alpha value is -2.69. The predicted molar refractivity (Wildman–Crippen MR) is 116 cm³/mol. The lowest BCUT2D eigenvalue weighted by atomic mass is 9.86. The number of carbonyl (C=O) groups is 2. The second kappa shape index (κ2) is 9.88. The Kier molecular flexibility index (Phi) is 7.24. The fraction of sp³-hybridized carbons (Fsp3) is 0.480. The van der Waals surface area contributed by atoms with Crippen molar-refractivity contribution >= 4 is 11.8 Å². The first-order chi connectivity index (χ1) is 14.4. The lowest BCUT2D eigenvalue weighted by Gasteiger charge is -2.22. The zero-order valence-electron chi connectivity index (χ0n) is 18.2. The number of hydrogen-bond donors (Lipinski definition) is 1. The highest BCUT2D eigenvalue weighted by atomic mass is 16.5. The van der Waals surface area contributed by atoms with Crippen LogP contribution in [0.15, 0.2) is 24.3 Å². The van der Waals surface area contributed by atoms with Gasteiger partial charge in [-0.25, -0.2) is 0 Å². The van der Waals surface area contributed by atoms with E-state index in [1.165, 1.54) is 26.4 Å². The van der Waals surface area contributed by atoms with Gasteiger partial charge in [0.2, 0.25) is 0 Å². The highest BCUT2D eigenvalue weighted by Gasteiger charge is 2.21. The number of pyridine rings is 1. The number of aromatic nitrogens is 1. The van der Waals surface area contributed by atoms with Crippen LogP contribution in [-0.2, 0) is 16.0 Å². The minimum Gasteiger partial charge on any atom is -0.506 e. The number of aromatic hydroxyl groups is 1. The summed E-state index contributed by atoms with van der Waals surface area (Å²) >= 11 is 0. The molecule has 0 radical (unpaired) electrons. The van der Waals surface area contributed by atoms with Crippen molar-refractivity contribution in [2.45, 2.75) is 71.1 Å². The monoisotopic (exact) mass is 409 g/mol. The molecule has 0 unspecified atom stereocenters. The topological polar surface area (TPSA) is 76.5 Å². The third-order valence-corrected chi connectivity index (χ3v) is 6.11. The Bertz CT molecular complexity index is 906. The number of ether oxygens (including phenoxy) is 1. The number of nitrogens with zero attached hydrogens (tertiary/aromatic N) is 1. The zero-order valence-corrected chi connectivity index (χ0v) is 18.2. The maximum Gasteiger partial charge on any atom is 0.305 e. The van der Waals surface area contributed by atoms with E-state index in [9.17, 15) is 14.7 Å². The number of benzene rings is 1. The number of rotatable bonds is 7. The van der Waals surface area contributed by atoms with Crippen molar-refractivity contribution in [1.82, 2.24) is 4.98 Å². The van der Waals surface area contributed by atoms with Crippen LogP contribution in [0, 0.1) is 13.8 Å². The zero-order chi connectivity index (χ0) is 21.7. The number of methoxy groups -OCH3 is 1. The van der Waals surface area contributed by atoms with Crippen molar-refractivity contribution in [1.29, 1.82) is 0 Å². The van der Waals surface area contributed by atoms with Crippen molar-refractivity contribution in [2.75, 3.05) is 7.11 Å². The van der Waals surface area contributed by atoms with E-state index in [1.807, 2.05) is 32.0 Å². The highest BCUT2D eigenvalue weighted by molar-refractivity contribution is 5.98. The van der Waals surface area contributed by atoms with Crippen molar-refractivity contribution in [2.24, 2.45) is 0 Å². The summed E-state index contributed by atoms with van der Waals surface area (Å²) < 4.78 is 4.62. The summed E-state index contributed by atoms with van der Waals surface area (Å²) in [4.78, 5) is 28.6. The van der Waals surface area contributed by atoms with Crippen LogP contribution in [0.5, 0.6) is 5.75 Å². The average molecular weight is 410 g/mol. The molecule has 1 aliphatic carbocycles. The quantitative estimate of drug-likeness (QED) is 0.504. The molecule has 2 aromatic rings. The van der Waals surface area contributed by atoms with Gasteiger partial charge in [0.25, 0.3) is 0 Å². The van der Waals surface area contributed by atoms with E-state index in [0.717, 1.165) is 40.9 Å². The van der Waals surface area contributed by atoms with Crippen LogP contribution in [0.3, 0.4) is 0 Å². The molecule has 1 aromatic carbocycles. The van der Waals surface area contributed by atoms with E-state index < -0.39 is 0 Å². The van der Waals surface area contributed by atoms with Gasteiger partial charge in [0.05, 0.1) is 19.2 Å². The Labute approximate surface area is 178 Å². The first-order valence-electron chi connectivity index (χ1n) is 10.8. The summed E-state index contributed by atoms with van der Waals surface area (Å²) in [7, 11) is 1.33. The molecule has 1 aliphatic rings. The first-order valence-corrected chi connectivity index (χ1v) is 10.8. The van der Waals surface area contributed by atoms with Gasteiger partial charge in [-0.1, -0.05) is 19.3 Å². The molecular weight excluding hydrogens is 378 g/mol. The molecule has 1 N–H and O–H groups in total. The van der Waals surface area contributed by atoms with E-state index in [0.29, 0.717) is 23.7 Å². The smallest absolute Gasteiger partial charge is 0.305 e. The van der Waals surface area contributed by atoms with Gasteiger partial charge in [-0.3, -0.25) is 14.6 Å². The first kappa shape index (κ1) is 22.0. The fourth-order valence-corrected chi connectivity index (χ4v) is 4.36. The Morgan fingerprint density at radius 2 is 1.73 bits per heavy atom. The second-order valence-corrected chi connectivity index (χ2v) is 8.31. The van der Waals surface area contributed by atoms with Crippen LogP contribution in [0.4, 0.5) is 0 Å². The number of Topliss-reactive ketones (excluding diaryl/α,β-unsaturated/α-hetero) is 1. The van der Waals surface area contributed by atoms with Crippen molar-refractivity contribution in [3.8, 4) is 5.75 Å². The molecule has 30 heavy (non-hydrogen) atoms. The largest absolute Gasteiger partial charge is 0.506 e. The summed E-state index contributed by atoms with van der Waals surface area (Å²) in [5.74, 6) is 0.211. The van der Waals surface area contributed by atoms with Gasteiger partial charge in [-0.15, -0.1) is 0 Å². The molecule has 0 bridgehead atoms. The van der Waals surface area contributed by atoms with Crippen molar-refractivity contribution in [3.63, 3.8) is 0 Å². The second-order valence-electron chi connectivity index (χ2n) is 8.31. The van der Waals surface area contributed by atoms with Gasteiger partial charge < -0.3 is 9.84 Å². The van der Waals surface area contributed by atoms with Crippen LogP contribution < -0.4 is 0 Å². The van der Waals surface area contributed by atoms with Crippen LogP contribution in [0.1, 0.15) is 89.3 Å². The lowest BCUT2D eigenvalue weighted by molar-refractivity contribution is -0.140. The number of aryl methyl sites for hydroxylation is 2. The van der Waals surface area contributed by atoms with Crippen LogP contribution in [0.2, 0.25) is 0 Å². The predicted octanol–water partition coefficient (Wildman–Crippen LogP) is 5.18. The summed E-state index contributed by atoms with van der Waals surface area (Å²) in [5.41, 5.74) is 5.60. The fourth-order valence-electron chi connectivity index (χ4n) is 4.36. The minimum atomic E-state index is -0.374.